The van der Waals surface area contributed by atoms with Crippen LogP contribution in [-0.2, 0) is 16.6 Å². The second-order valence-electron chi connectivity index (χ2n) is 6.81. The van der Waals surface area contributed by atoms with Crippen molar-refractivity contribution in [3.8, 4) is 10.6 Å². The Morgan fingerprint density at radius 1 is 1.09 bits per heavy atom. The van der Waals surface area contributed by atoms with E-state index >= 15 is 0 Å². The van der Waals surface area contributed by atoms with E-state index in [0.717, 1.165) is 26.5 Å². The number of carbonyl (C=O) groups excluding carboxylic acids is 1. The van der Waals surface area contributed by atoms with Gasteiger partial charge in [0.05, 0.1) is 32.7 Å². The highest BCUT2D eigenvalue weighted by Crippen LogP contribution is 2.29. The Bertz CT molecular complexity index is 1380. The first-order valence-corrected chi connectivity index (χ1v) is 12.7. The molecule has 4 aromatic rings. The fraction of sp³-hybridized carbons (Fsp3) is 0.0909. The third-order valence-corrected chi connectivity index (χ3v) is 7.73. The van der Waals surface area contributed by atoms with Crippen molar-refractivity contribution in [2.75, 3.05) is 4.72 Å². The summed E-state index contributed by atoms with van der Waals surface area (Å²) in [6.45, 7) is 2.25. The number of thiazole rings is 1. The Labute approximate surface area is 192 Å². The summed E-state index contributed by atoms with van der Waals surface area (Å²) in [6, 6.07) is 15.0. The van der Waals surface area contributed by atoms with Gasteiger partial charge in [-0.1, -0.05) is 18.2 Å². The number of aryl methyl sites for hydroxylation is 1. The average molecular weight is 488 g/mol. The summed E-state index contributed by atoms with van der Waals surface area (Å²) in [7, 11) is -4.06. The molecule has 0 saturated heterocycles. The normalized spacial score (nSPS) is 11.3. The summed E-state index contributed by atoms with van der Waals surface area (Å²) >= 11 is 3.11. The van der Waals surface area contributed by atoms with Crippen LogP contribution in [0, 0.1) is 12.7 Å². The predicted octanol–water partition coefficient (Wildman–Crippen LogP) is 5.05. The van der Waals surface area contributed by atoms with Crippen LogP contribution in [0.15, 0.2) is 70.9 Å². The maximum Gasteiger partial charge on any atom is 0.262 e. The molecule has 0 aliphatic rings. The van der Waals surface area contributed by atoms with E-state index in [2.05, 4.69) is 15.0 Å². The van der Waals surface area contributed by atoms with Crippen LogP contribution in [-0.4, -0.2) is 19.3 Å². The number of carbonyl (C=O) groups is 1. The smallest absolute Gasteiger partial charge is 0.262 e. The van der Waals surface area contributed by atoms with Crippen LogP contribution in [0.4, 0.5) is 10.1 Å². The number of rotatable bonds is 7. The molecule has 2 aromatic carbocycles. The van der Waals surface area contributed by atoms with Crippen molar-refractivity contribution < 1.29 is 17.6 Å². The zero-order valence-corrected chi connectivity index (χ0v) is 19.3. The summed E-state index contributed by atoms with van der Waals surface area (Å²) < 4.78 is 41.3. The van der Waals surface area contributed by atoms with Crippen molar-refractivity contribution in [2.45, 2.75) is 18.4 Å². The van der Waals surface area contributed by atoms with Crippen LogP contribution >= 0.6 is 22.7 Å². The predicted molar refractivity (Wildman–Crippen MR) is 125 cm³/mol. The van der Waals surface area contributed by atoms with Crippen molar-refractivity contribution in [1.29, 1.82) is 0 Å². The number of anilines is 1. The number of nitrogens with one attached hydrogen (secondary N) is 2. The van der Waals surface area contributed by atoms with Gasteiger partial charge >= 0.3 is 0 Å². The number of sulfonamides is 1. The van der Waals surface area contributed by atoms with Crippen molar-refractivity contribution in [3.05, 3.63) is 87.3 Å². The van der Waals surface area contributed by atoms with Crippen LogP contribution in [0.2, 0.25) is 0 Å². The monoisotopic (exact) mass is 487 g/mol. The average Bonchev–Trinajstić information content (AvgIpc) is 3.42. The molecule has 0 aliphatic heterocycles. The Morgan fingerprint density at radius 3 is 2.66 bits per heavy atom. The van der Waals surface area contributed by atoms with Crippen LogP contribution in [0.3, 0.4) is 0 Å². The number of hydrogen-bond donors (Lipinski definition) is 2. The van der Waals surface area contributed by atoms with Crippen molar-refractivity contribution in [1.82, 2.24) is 10.3 Å². The van der Waals surface area contributed by atoms with Crippen LogP contribution < -0.4 is 10.0 Å². The van der Waals surface area contributed by atoms with Gasteiger partial charge in [0.1, 0.15) is 5.82 Å². The molecule has 0 saturated carbocycles. The van der Waals surface area contributed by atoms with E-state index in [1.54, 1.807) is 11.3 Å². The first-order chi connectivity index (χ1) is 15.3. The van der Waals surface area contributed by atoms with Gasteiger partial charge < -0.3 is 5.32 Å². The molecule has 32 heavy (non-hydrogen) atoms. The minimum absolute atomic E-state index is 0.134. The summed E-state index contributed by atoms with van der Waals surface area (Å²) in [4.78, 5) is 18.9. The van der Waals surface area contributed by atoms with E-state index in [4.69, 9.17) is 0 Å². The van der Waals surface area contributed by atoms with E-state index in [-0.39, 0.29) is 16.1 Å². The molecule has 0 aliphatic carbocycles. The standard InChI is InChI=1S/C22H18FN3O3S3/c1-14-25-20(13-30-14)21-10-9-16(31-21)12-24-22(27)15-5-4-6-17(11-15)32(28,29)26-19-8-3-2-7-18(19)23/h2-11,13,26H,12H2,1H3,(H,24,27). The van der Waals surface area contributed by atoms with Gasteiger partial charge in [0.25, 0.3) is 15.9 Å². The zero-order chi connectivity index (χ0) is 22.7. The SMILES string of the molecule is Cc1nc(-c2ccc(CNC(=O)c3cccc(S(=O)(=O)Nc4ccccc4F)c3)s2)cs1. The molecule has 0 bridgehead atoms. The molecule has 4 rings (SSSR count). The molecule has 0 atom stereocenters. The second-order valence-corrected chi connectivity index (χ2v) is 10.7. The lowest BCUT2D eigenvalue weighted by atomic mass is 10.2. The summed E-state index contributed by atoms with van der Waals surface area (Å²) in [5, 5.41) is 5.78. The summed E-state index contributed by atoms with van der Waals surface area (Å²) in [6.07, 6.45) is 0. The van der Waals surface area contributed by atoms with E-state index < -0.39 is 21.7 Å². The number of nitrogens with zero attached hydrogens (tertiary/aromatic N) is 1. The molecular formula is C22H18FN3O3S3. The highest BCUT2D eigenvalue weighted by molar-refractivity contribution is 7.92. The molecular weight excluding hydrogens is 469 g/mol. The van der Waals surface area contributed by atoms with Crippen molar-refractivity contribution in [2.24, 2.45) is 0 Å². The number of benzene rings is 2. The van der Waals surface area contributed by atoms with Crippen LogP contribution in [0.25, 0.3) is 10.6 Å². The molecule has 6 nitrogen and oxygen atoms in total. The number of thiophene rings is 1. The van der Waals surface area contributed by atoms with E-state index in [1.807, 2.05) is 24.4 Å². The van der Waals surface area contributed by atoms with Crippen molar-refractivity contribution in [3.63, 3.8) is 0 Å². The zero-order valence-electron chi connectivity index (χ0n) is 16.8. The maximum atomic E-state index is 13.8. The van der Waals surface area contributed by atoms with Gasteiger partial charge in [-0.2, -0.15) is 0 Å². The largest absolute Gasteiger partial charge is 0.347 e. The van der Waals surface area contributed by atoms with E-state index in [1.165, 1.54) is 53.8 Å². The van der Waals surface area contributed by atoms with Crippen LogP contribution in [0.5, 0.6) is 0 Å². The Kier molecular flexibility index (Phi) is 6.35. The van der Waals surface area contributed by atoms with Gasteiger partial charge in [-0.05, 0) is 49.4 Å². The molecule has 0 unspecified atom stereocenters. The molecule has 0 spiro atoms. The molecule has 0 radical (unpaired) electrons. The summed E-state index contributed by atoms with van der Waals surface area (Å²) in [5.74, 6) is -1.10. The molecule has 2 N–H and O–H groups in total. The van der Waals surface area contributed by atoms with Gasteiger partial charge in [0.15, 0.2) is 0 Å². The molecule has 2 aromatic heterocycles. The number of aromatic nitrogens is 1. The van der Waals surface area contributed by atoms with Crippen molar-refractivity contribution >= 4 is 44.3 Å². The number of para-hydroxylation sites is 1. The first-order valence-electron chi connectivity index (χ1n) is 9.49. The molecule has 164 valence electrons. The Morgan fingerprint density at radius 2 is 1.91 bits per heavy atom. The highest BCUT2D eigenvalue weighted by Gasteiger charge is 2.18. The van der Waals surface area contributed by atoms with Gasteiger partial charge in [-0.3, -0.25) is 9.52 Å². The molecule has 10 heteroatoms. The van der Waals surface area contributed by atoms with Gasteiger partial charge in [0.2, 0.25) is 0 Å². The third-order valence-electron chi connectivity index (χ3n) is 4.48. The van der Waals surface area contributed by atoms with Crippen LogP contribution in [0.1, 0.15) is 20.2 Å². The fourth-order valence-electron chi connectivity index (χ4n) is 2.91. The number of hydrogen-bond acceptors (Lipinski definition) is 6. The third kappa shape index (κ3) is 5.04. The summed E-state index contributed by atoms with van der Waals surface area (Å²) in [5.41, 5.74) is 0.940. The molecule has 1 amide bonds. The fourth-order valence-corrected chi connectivity index (χ4v) is 5.62. The maximum absolute atomic E-state index is 13.8. The quantitative estimate of drug-likeness (QED) is 0.382. The van der Waals surface area contributed by atoms with E-state index in [9.17, 15) is 17.6 Å². The van der Waals surface area contributed by atoms with Gasteiger partial charge in [-0.25, -0.2) is 17.8 Å². The Balaban J connectivity index is 1.44. The van der Waals surface area contributed by atoms with Gasteiger partial charge in [-0.15, -0.1) is 22.7 Å². The minimum Gasteiger partial charge on any atom is -0.347 e. The number of amides is 1. The molecule has 0 fully saturated rings. The van der Waals surface area contributed by atoms with E-state index in [0.29, 0.717) is 6.54 Å². The lowest BCUT2D eigenvalue weighted by molar-refractivity contribution is 0.0951. The highest BCUT2D eigenvalue weighted by atomic mass is 32.2. The second kappa shape index (κ2) is 9.19. The molecule has 2 heterocycles. The van der Waals surface area contributed by atoms with Gasteiger partial charge in [0, 0.05) is 15.8 Å². The lowest BCUT2D eigenvalue weighted by Gasteiger charge is -2.10. The minimum atomic E-state index is -4.06. The lowest BCUT2D eigenvalue weighted by Crippen LogP contribution is -2.23. The first kappa shape index (κ1) is 22.1. The Hall–Kier alpha value is -3.08. The topological polar surface area (TPSA) is 88.2 Å². The number of halogens is 1.